The van der Waals surface area contributed by atoms with Crippen molar-refractivity contribution in [1.29, 1.82) is 0 Å². The first-order valence-corrected chi connectivity index (χ1v) is 16.2. The van der Waals surface area contributed by atoms with Crippen molar-refractivity contribution in [3.8, 4) is 0 Å². The van der Waals surface area contributed by atoms with E-state index in [1.54, 1.807) is 18.3 Å². The Morgan fingerprint density at radius 2 is 1.83 bits per heavy atom. The zero-order valence-electron chi connectivity index (χ0n) is 24.9. The maximum absolute atomic E-state index is 13.7. The third kappa shape index (κ3) is 9.48. The van der Waals surface area contributed by atoms with E-state index in [0.29, 0.717) is 57.4 Å². The molecule has 10 heteroatoms. The summed E-state index contributed by atoms with van der Waals surface area (Å²) in [4.78, 5) is 45.9. The van der Waals surface area contributed by atoms with Crippen LogP contribution in [0.15, 0.2) is 18.2 Å². The van der Waals surface area contributed by atoms with E-state index in [4.69, 9.17) is 9.72 Å². The van der Waals surface area contributed by atoms with Crippen LogP contribution in [0.5, 0.6) is 0 Å². The average molecular weight is 586 g/mol. The molecule has 0 radical (unpaired) electrons. The van der Waals surface area contributed by atoms with Crippen LogP contribution in [0.25, 0.3) is 10.2 Å². The summed E-state index contributed by atoms with van der Waals surface area (Å²) >= 11 is 1.58. The molecule has 1 aliphatic heterocycles. The van der Waals surface area contributed by atoms with Crippen LogP contribution in [-0.2, 0) is 25.5 Å². The number of hydrogen-bond donors (Lipinski definition) is 3. The van der Waals surface area contributed by atoms with Gasteiger partial charge >= 0.3 is 0 Å². The van der Waals surface area contributed by atoms with Crippen LogP contribution in [0.4, 0.5) is 0 Å². The molecule has 2 heterocycles. The predicted octanol–water partition coefficient (Wildman–Crippen LogP) is 3.76. The number of nitrogens with one attached hydrogen (secondary N) is 3. The van der Waals surface area contributed by atoms with Gasteiger partial charge in [0.05, 0.1) is 28.4 Å². The molecule has 3 N–H and O–H groups in total. The number of hydrogen-bond acceptors (Lipinski definition) is 7. The Balaban J connectivity index is 1.41. The van der Waals surface area contributed by atoms with E-state index in [1.165, 1.54) is 12.0 Å². The van der Waals surface area contributed by atoms with Gasteiger partial charge in [-0.1, -0.05) is 46.1 Å². The van der Waals surface area contributed by atoms with E-state index in [9.17, 15) is 14.4 Å². The molecule has 2 atom stereocenters. The van der Waals surface area contributed by atoms with Crippen molar-refractivity contribution < 1.29 is 19.1 Å². The van der Waals surface area contributed by atoms with E-state index in [0.717, 1.165) is 54.0 Å². The molecule has 4 rings (SSSR count). The second-order valence-corrected chi connectivity index (χ2v) is 12.8. The molecule has 0 spiro atoms. The van der Waals surface area contributed by atoms with Crippen molar-refractivity contribution in [2.24, 2.45) is 5.92 Å². The number of amides is 3. The van der Waals surface area contributed by atoms with Crippen LogP contribution in [0.2, 0.25) is 0 Å². The molecule has 2 aromatic rings. The SMILES string of the molecule is CCC(=O)N[C@@H](Cc1nc2ccc(C(C)C)cc2s1)C(=O)N[C@H](CNC(=O)CCN1CCOCC1)C1CCCCC1. The number of fused-ring (bicyclic) bond motifs is 1. The Bertz CT molecular complexity index is 1160. The topological polar surface area (TPSA) is 113 Å². The minimum Gasteiger partial charge on any atom is -0.379 e. The van der Waals surface area contributed by atoms with Crippen LogP contribution in [0.3, 0.4) is 0 Å². The summed E-state index contributed by atoms with van der Waals surface area (Å²) < 4.78 is 6.48. The molecule has 1 saturated carbocycles. The quantitative estimate of drug-likeness (QED) is 0.330. The van der Waals surface area contributed by atoms with Crippen molar-refractivity contribution >= 4 is 39.3 Å². The van der Waals surface area contributed by atoms with Gasteiger partial charge in [-0.15, -0.1) is 11.3 Å². The van der Waals surface area contributed by atoms with Crippen LogP contribution in [0.1, 0.15) is 82.2 Å². The number of nitrogens with zero attached hydrogens (tertiary/aromatic N) is 2. The van der Waals surface area contributed by atoms with Crippen LogP contribution in [0, 0.1) is 5.92 Å². The molecule has 1 aromatic heterocycles. The molecular weight excluding hydrogens is 538 g/mol. The van der Waals surface area contributed by atoms with Crippen LogP contribution in [-0.4, -0.2) is 79.1 Å². The smallest absolute Gasteiger partial charge is 0.243 e. The molecule has 1 aliphatic carbocycles. The number of thiazole rings is 1. The Morgan fingerprint density at radius 1 is 1.07 bits per heavy atom. The fourth-order valence-corrected chi connectivity index (χ4v) is 6.73. The van der Waals surface area contributed by atoms with Gasteiger partial charge in [0.1, 0.15) is 6.04 Å². The summed E-state index contributed by atoms with van der Waals surface area (Å²) in [5.74, 6) is 0.333. The lowest BCUT2D eigenvalue weighted by Crippen LogP contribution is -2.55. The second kappa shape index (κ2) is 15.6. The standard InChI is InChI=1S/C31H47N5O4S/c1-4-28(37)33-25(19-30-34-24-11-10-23(21(2)3)18-27(24)41-30)31(39)35-26(22-8-6-5-7-9-22)20-32-29(38)12-13-36-14-16-40-17-15-36/h10-11,18,21-22,25-26H,4-9,12-17,19-20H2,1-3H3,(H,32,38)(H,33,37)(H,35,39)/t25-,26+/m0/s1. The van der Waals surface area contributed by atoms with E-state index < -0.39 is 6.04 Å². The van der Waals surface area contributed by atoms with Gasteiger partial charge in [0.15, 0.2) is 0 Å². The number of carbonyl (C=O) groups excluding carboxylic acids is 3. The molecule has 1 aromatic carbocycles. The van der Waals surface area contributed by atoms with Crippen molar-refractivity contribution in [2.75, 3.05) is 39.4 Å². The van der Waals surface area contributed by atoms with Crippen molar-refractivity contribution in [1.82, 2.24) is 25.8 Å². The first kappa shape index (κ1) is 31.4. The van der Waals surface area contributed by atoms with Crippen LogP contribution >= 0.6 is 11.3 Å². The number of benzene rings is 1. The highest BCUT2D eigenvalue weighted by atomic mass is 32.1. The van der Waals surface area contributed by atoms with Gasteiger partial charge in [-0.2, -0.15) is 0 Å². The molecule has 0 unspecified atom stereocenters. The number of ether oxygens (including phenoxy) is 1. The normalized spacial score (nSPS) is 18.2. The predicted molar refractivity (Wildman–Crippen MR) is 163 cm³/mol. The summed E-state index contributed by atoms with van der Waals surface area (Å²) in [5, 5.41) is 10.1. The highest BCUT2D eigenvalue weighted by Gasteiger charge is 2.30. The number of morpholine rings is 1. The molecular formula is C31H47N5O4S. The summed E-state index contributed by atoms with van der Waals surface area (Å²) in [6, 6.07) is 5.40. The van der Waals surface area contributed by atoms with Crippen molar-refractivity contribution in [2.45, 2.75) is 90.1 Å². The van der Waals surface area contributed by atoms with E-state index in [-0.39, 0.29) is 23.8 Å². The highest BCUT2D eigenvalue weighted by molar-refractivity contribution is 7.18. The molecule has 1 saturated heterocycles. The van der Waals surface area contributed by atoms with E-state index in [2.05, 4.69) is 46.8 Å². The maximum Gasteiger partial charge on any atom is 0.243 e. The van der Waals surface area contributed by atoms with Gasteiger partial charge in [0.2, 0.25) is 17.7 Å². The fraction of sp³-hybridized carbons (Fsp3) is 0.677. The largest absolute Gasteiger partial charge is 0.379 e. The molecule has 0 bridgehead atoms. The number of aromatic nitrogens is 1. The van der Waals surface area contributed by atoms with Gasteiger partial charge in [-0.25, -0.2) is 4.98 Å². The Kier molecular flexibility index (Phi) is 11.9. The maximum atomic E-state index is 13.7. The van der Waals surface area contributed by atoms with Crippen LogP contribution < -0.4 is 16.0 Å². The molecule has 41 heavy (non-hydrogen) atoms. The van der Waals surface area contributed by atoms with E-state index in [1.807, 2.05) is 6.07 Å². The second-order valence-electron chi connectivity index (χ2n) is 11.7. The zero-order valence-corrected chi connectivity index (χ0v) is 25.7. The molecule has 2 aliphatic rings. The monoisotopic (exact) mass is 585 g/mol. The van der Waals surface area contributed by atoms with Gasteiger partial charge < -0.3 is 20.7 Å². The summed E-state index contributed by atoms with van der Waals surface area (Å²) in [5.41, 5.74) is 2.17. The van der Waals surface area contributed by atoms with Gasteiger partial charge in [0, 0.05) is 51.5 Å². The van der Waals surface area contributed by atoms with Crippen molar-refractivity contribution in [3.05, 3.63) is 28.8 Å². The van der Waals surface area contributed by atoms with Gasteiger partial charge in [0.25, 0.3) is 0 Å². The third-order valence-corrected chi connectivity index (χ3v) is 9.34. The third-order valence-electron chi connectivity index (χ3n) is 8.30. The Labute approximate surface area is 248 Å². The minimum atomic E-state index is -0.726. The van der Waals surface area contributed by atoms with Crippen molar-refractivity contribution in [3.63, 3.8) is 0 Å². The number of carbonyl (C=O) groups is 3. The first-order chi connectivity index (χ1) is 19.8. The minimum absolute atomic E-state index is 0.00220. The Hall–Kier alpha value is -2.56. The lowest BCUT2D eigenvalue weighted by molar-refractivity contribution is -0.129. The summed E-state index contributed by atoms with van der Waals surface area (Å²) in [6.07, 6.45) is 6.56. The van der Waals surface area contributed by atoms with Gasteiger partial charge in [-0.05, 0) is 42.4 Å². The zero-order chi connectivity index (χ0) is 29.2. The average Bonchev–Trinajstić information content (AvgIpc) is 3.40. The Morgan fingerprint density at radius 3 is 2.54 bits per heavy atom. The van der Waals surface area contributed by atoms with Gasteiger partial charge in [-0.3, -0.25) is 19.3 Å². The molecule has 3 amide bonds. The molecule has 226 valence electrons. The lowest BCUT2D eigenvalue weighted by atomic mass is 9.83. The van der Waals surface area contributed by atoms with E-state index >= 15 is 0 Å². The highest BCUT2D eigenvalue weighted by Crippen LogP contribution is 2.28. The molecule has 9 nitrogen and oxygen atoms in total. The molecule has 2 fully saturated rings. The number of rotatable bonds is 13. The fourth-order valence-electron chi connectivity index (χ4n) is 5.67. The first-order valence-electron chi connectivity index (χ1n) is 15.4. The summed E-state index contributed by atoms with van der Waals surface area (Å²) in [7, 11) is 0. The lowest BCUT2D eigenvalue weighted by Gasteiger charge is -2.32. The summed E-state index contributed by atoms with van der Waals surface area (Å²) in [6.45, 7) is 10.4.